The standard InChI is InChI=1S/C24H34O5Si2/c1-7-17-27-23(25)19-9-13-21(14-10-19)30(3,4)29-31(5,6)22-15-11-20(12-16-22)24(26)28-18-8-2/h9-16H,7-8,17-18H2,1-6H3. The number of esters is 2. The lowest BCUT2D eigenvalue weighted by Crippen LogP contribution is -2.57. The molecular weight excluding hydrogens is 424 g/mol. The van der Waals surface area contributed by atoms with Crippen LogP contribution in [0.25, 0.3) is 0 Å². The molecule has 2 aromatic carbocycles. The zero-order valence-corrected chi connectivity index (χ0v) is 21.5. The van der Waals surface area contributed by atoms with E-state index in [4.69, 9.17) is 13.6 Å². The largest absolute Gasteiger partial charge is 0.462 e. The van der Waals surface area contributed by atoms with E-state index in [1.165, 1.54) is 0 Å². The summed E-state index contributed by atoms with van der Waals surface area (Å²) in [6.45, 7) is 13.5. The van der Waals surface area contributed by atoms with Crippen LogP contribution in [-0.4, -0.2) is 41.8 Å². The van der Waals surface area contributed by atoms with Crippen molar-refractivity contribution in [1.82, 2.24) is 0 Å². The van der Waals surface area contributed by atoms with Gasteiger partial charge in [0.15, 0.2) is 0 Å². The van der Waals surface area contributed by atoms with Crippen LogP contribution in [0.5, 0.6) is 0 Å². The molecule has 0 radical (unpaired) electrons. The van der Waals surface area contributed by atoms with Crippen molar-refractivity contribution in [2.24, 2.45) is 0 Å². The van der Waals surface area contributed by atoms with Crippen LogP contribution in [0.1, 0.15) is 47.4 Å². The molecule has 7 heteroatoms. The van der Waals surface area contributed by atoms with E-state index in [0.29, 0.717) is 24.3 Å². The van der Waals surface area contributed by atoms with Gasteiger partial charge in [0.1, 0.15) is 0 Å². The van der Waals surface area contributed by atoms with Crippen LogP contribution in [0, 0.1) is 0 Å². The molecule has 31 heavy (non-hydrogen) atoms. The fourth-order valence-corrected chi connectivity index (χ4v) is 11.3. The van der Waals surface area contributed by atoms with E-state index in [1.54, 1.807) is 0 Å². The quantitative estimate of drug-likeness (QED) is 0.391. The van der Waals surface area contributed by atoms with E-state index in [0.717, 1.165) is 23.2 Å². The molecule has 0 N–H and O–H groups in total. The van der Waals surface area contributed by atoms with Crippen LogP contribution in [0.15, 0.2) is 48.5 Å². The lowest BCUT2D eigenvalue weighted by molar-refractivity contribution is 0.0496. The Labute approximate surface area is 188 Å². The molecule has 0 aliphatic heterocycles. The summed E-state index contributed by atoms with van der Waals surface area (Å²) < 4.78 is 17.2. The molecule has 0 atom stereocenters. The lowest BCUT2D eigenvalue weighted by Gasteiger charge is -2.34. The molecule has 0 aliphatic carbocycles. The first-order chi connectivity index (χ1) is 14.6. The van der Waals surface area contributed by atoms with Crippen molar-refractivity contribution >= 4 is 38.9 Å². The van der Waals surface area contributed by atoms with Gasteiger partial charge < -0.3 is 13.6 Å². The summed E-state index contributed by atoms with van der Waals surface area (Å²) in [7, 11) is -4.43. The first-order valence-electron chi connectivity index (χ1n) is 10.9. The third-order valence-electron chi connectivity index (χ3n) is 5.02. The number of hydrogen-bond donors (Lipinski definition) is 0. The Bertz CT molecular complexity index is 800. The van der Waals surface area contributed by atoms with Crippen LogP contribution in [-0.2, 0) is 13.6 Å². The Balaban J connectivity index is 2.12. The summed E-state index contributed by atoms with van der Waals surface area (Å²) in [5.41, 5.74) is 1.12. The molecule has 5 nitrogen and oxygen atoms in total. The highest BCUT2D eigenvalue weighted by Gasteiger charge is 2.36. The second-order valence-corrected chi connectivity index (χ2v) is 16.6. The summed E-state index contributed by atoms with van der Waals surface area (Å²) in [5.74, 6) is -0.581. The van der Waals surface area contributed by atoms with Crippen LogP contribution in [0.4, 0.5) is 0 Å². The van der Waals surface area contributed by atoms with Crippen LogP contribution >= 0.6 is 0 Å². The second kappa shape index (κ2) is 10.9. The average molecular weight is 459 g/mol. The van der Waals surface area contributed by atoms with Crippen molar-refractivity contribution in [1.29, 1.82) is 0 Å². The van der Waals surface area contributed by atoms with Gasteiger partial charge in [0, 0.05) is 0 Å². The number of carbonyl (C=O) groups is 2. The normalized spacial score (nSPS) is 11.8. The number of hydrogen-bond acceptors (Lipinski definition) is 5. The van der Waals surface area contributed by atoms with E-state index >= 15 is 0 Å². The fraction of sp³-hybridized carbons (Fsp3) is 0.417. The van der Waals surface area contributed by atoms with Crippen molar-refractivity contribution in [3.63, 3.8) is 0 Å². The summed E-state index contributed by atoms with van der Waals surface area (Å²) in [6.07, 6.45) is 1.61. The van der Waals surface area contributed by atoms with Gasteiger partial charge in [0.2, 0.25) is 16.6 Å². The van der Waals surface area contributed by atoms with E-state index < -0.39 is 16.6 Å². The third kappa shape index (κ3) is 6.88. The van der Waals surface area contributed by atoms with Crippen molar-refractivity contribution < 1.29 is 23.2 Å². The van der Waals surface area contributed by atoms with Gasteiger partial charge in [-0.2, -0.15) is 0 Å². The number of ether oxygens (including phenoxy) is 2. The molecule has 0 saturated carbocycles. The highest BCUT2D eigenvalue weighted by atomic mass is 28.4. The van der Waals surface area contributed by atoms with Gasteiger partial charge in [-0.05, 0) is 73.7 Å². The summed E-state index contributed by atoms with van der Waals surface area (Å²) >= 11 is 0. The Morgan fingerprint density at radius 2 is 0.968 bits per heavy atom. The summed E-state index contributed by atoms with van der Waals surface area (Å²) in [5, 5.41) is 2.25. The van der Waals surface area contributed by atoms with E-state index in [-0.39, 0.29) is 11.9 Å². The molecule has 0 aromatic heterocycles. The van der Waals surface area contributed by atoms with Crippen molar-refractivity contribution in [2.75, 3.05) is 13.2 Å². The van der Waals surface area contributed by atoms with Crippen molar-refractivity contribution in [3.05, 3.63) is 59.7 Å². The van der Waals surface area contributed by atoms with E-state index in [1.807, 2.05) is 62.4 Å². The van der Waals surface area contributed by atoms with Crippen LogP contribution in [0.2, 0.25) is 26.2 Å². The van der Waals surface area contributed by atoms with Gasteiger partial charge in [0.25, 0.3) is 0 Å². The molecule has 168 valence electrons. The highest BCUT2D eigenvalue weighted by Crippen LogP contribution is 2.16. The van der Waals surface area contributed by atoms with Gasteiger partial charge in [0.05, 0.1) is 24.3 Å². The smallest absolute Gasteiger partial charge is 0.338 e. The minimum Gasteiger partial charge on any atom is -0.462 e. The first kappa shape index (κ1) is 25.0. The monoisotopic (exact) mass is 458 g/mol. The molecule has 0 heterocycles. The van der Waals surface area contributed by atoms with Gasteiger partial charge in [-0.15, -0.1) is 0 Å². The maximum atomic E-state index is 12.0. The van der Waals surface area contributed by atoms with Gasteiger partial charge in [-0.1, -0.05) is 38.1 Å². The number of rotatable bonds is 10. The Morgan fingerprint density at radius 1 is 0.645 bits per heavy atom. The van der Waals surface area contributed by atoms with Crippen molar-refractivity contribution in [3.8, 4) is 0 Å². The predicted molar refractivity (Wildman–Crippen MR) is 129 cm³/mol. The van der Waals surface area contributed by atoms with Gasteiger partial charge in [-0.25, -0.2) is 9.59 Å². The molecule has 2 aromatic rings. The zero-order valence-electron chi connectivity index (χ0n) is 19.5. The lowest BCUT2D eigenvalue weighted by atomic mass is 10.2. The Hall–Kier alpha value is -2.23. The minimum absolute atomic E-state index is 0.291. The fourth-order valence-electron chi connectivity index (χ4n) is 3.33. The van der Waals surface area contributed by atoms with E-state index in [2.05, 4.69) is 26.2 Å². The van der Waals surface area contributed by atoms with E-state index in [9.17, 15) is 9.59 Å². The van der Waals surface area contributed by atoms with Crippen LogP contribution in [0.3, 0.4) is 0 Å². The van der Waals surface area contributed by atoms with Crippen molar-refractivity contribution in [2.45, 2.75) is 52.9 Å². The topological polar surface area (TPSA) is 61.8 Å². The summed E-state index contributed by atoms with van der Waals surface area (Å²) in [6, 6.07) is 15.2. The highest BCUT2D eigenvalue weighted by molar-refractivity contribution is 6.96. The van der Waals surface area contributed by atoms with Gasteiger partial charge >= 0.3 is 11.9 Å². The SMILES string of the molecule is CCCOC(=O)c1ccc([Si](C)(C)O[Si](C)(C)c2ccc(C(=O)OCCC)cc2)cc1. The number of carbonyl (C=O) groups excluding carboxylic acids is 2. The number of benzene rings is 2. The maximum Gasteiger partial charge on any atom is 0.338 e. The molecule has 0 spiro atoms. The predicted octanol–water partition coefficient (Wildman–Crippen LogP) is 4.36. The molecule has 0 unspecified atom stereocenters. The Morgan fingerprint density at radius 3 is 1.26 bits per heavy atom. The molecule has 2 rings (SSSR count). The van der Waals surface area contributed by atoms with Crippen LogP contribution < -0.4 is 10.4 Å². The average Bonchev–Trinajstić information content (AvgIpc) is 2.75. The maximum absolute atomic E-state index is 12.0. The molecule has 0 aliphatic rings. The molecule has 0 fully saturated rings. The molecule has 0 bridgehead atoms. The second-order valence-electron chi connectivity index (χ2n) is 8.55. The molecular formula is C24H34O5Si2. The summed E-state index contributed by atoms with van der Waals surface area (Å²) in [4.78, 5) is 24.1. The first-order valence-corrected chi connectivity index (χ1v) is 16.7. The Kier molecular flexibility index (Phi) is 8.79. The molecule has 0 saturated heterocycles. The van der Waals surface area contributed by atoms with Gasteiger partial charge in [-0.3, -0.25) is 0 Å². The minimum atomic E-state index is -2.22. The zero-order chi connectivity index (χ0) is 23.1. The molecule has 0 amide bonds. The third-order valence-corrected chi connectivity index (χ3v) is 12.5.